The van der Waals surface area contributed by atoms with E-state index in [2.05, 4.69) is 30.2 Å². The van der Waals surface area contributed by atoms with Crippen LogP contribution in [0.25, 0.3) is 11.1 Å². The normalized spacial score (nSPS) is 19.0. The van der Waals surface area contributed by atoms with E-state index in [4.69, 9.17) is 9.47 Å². The van der Waals surface area contributed by atoms with Crippen LogP contribution in [0.3, 0.4) is 0 Å². The number of nitrogens with one attached hydrogen (secondary N) is 1. The first-order valence-electron chi connectivity index (χ1n) is 11.2. The van der Waals surface area contributed by atoms with Crippen LogP contribution in [0.4, 0.5) is 35.1 Å². The van der Waals surface area contributed by atoms with Gasteiger partial charge in [-0.1, -0.05) is 12.1 Å². The molecule has 0 radical (unpaired) electrons. The van der Waals surface area contributed by atoms with Crippen LogP contribution >= 0.6 is 0 Å². The van der Waals surface area contributed by atoms with Crippen molar-refractivity contribution in [2.45, 2.75) is 38.7 Å². The minimum atomic E-state index is -4.84. The molecule has 10 nitrogen and oxygen atoms in total. The molecule has 0 saturated carbocycles. The number of aliphatic hydroxyl groups is 1. The molecule has 0 aliphatic carbocycles. The van der Waals surface area contributed by atoms with Crippen molar-refractivity contribution < 1.29 is 36.9 Å². The third-order valence-corrected chi connectivity index (χ3v) is 5.36. The van der Waals surface area contributed by atoms with E-state index >= 15 is 0 Å². The van der Waals surface area contributed by atoms with Gasteiger partial charge in [-0.15, -0.1) is 23.4 Å². The summed E-state index contributed by atoms with van der Waals surface area (Å²) in [5, 5.41) is 20.9. The minimum Gasteiger partial charge on any atom is -0.406 e. The number of morpholine rings is 1. The molecular weight excluding hydrogens is 500 g/mol. The van der Waals surface area contributed by atoms with Crippen LogP contribution in [0.1, 0.15) is 25.8 Å². The highest BCUT2D eigenvalue weighted by atomic mass is 19.4. The number of halogens is 4. The summed E-state index contributed by atoms with van der Waals surface area (Å²) in [6.07, 6.45) is -5.40. The fourth-order valence-electron chi connectivity index (χ4n) is 3.88. The SMILES string of the molecule is COC(O)c1nnc(Nc2nc(N3C[C@@H](C)O[C@@H](C)C3)ncc2F)cc1-c1ccc(OC(F)(F)F)cc1. The predicted molar refractivity (Wildman–Crippen MR) is 124 cm³/mol. The Bertz CT molecular complexity index is 1220. The molecule has 3 heterocycles. The Balaban J connectivity index is 1.64. The van der Waals surface area contributed by atoms with Crippen molar-refractivity contribution >= 4 is 17.6 Å². The average Bonchev–Trinajstić information content (AvgIpc) is 2.84. The summed E-state index contributed by atoms with van der Waals surface area (Å²) in [5.41, 5.74) is 0.646. The van der Waals surface area contributed by atoms with Gasteiger partial charge in [-0.3, -0.25) is 0 Å². The Morgan fingerprint density at radius 2 is 1.81 bits per heavy atom. The highest BCUT2D eigenvalue weighted by Crippen LogP contribution is 2.32. The smallest absolute Gasteiger partial charge is 0.406 e. The molecule has 1 fully saturated rings. The van der Waals surface area contributed by atoms with Crippen LogP contribution in [-0.2, 0) is 9.47 Å². The van der Waals surface area contributed by atoms with E-state index in [0.29, 0.717) is 24.6 Å². The molecule has 2 aromatic heterocycles. The Labute approximate surface area is 209 Å². The van der Waals surface area contributed by atoms with Gasteiger partial charge in [0.05, 0.1) is 18.4 Å². The zero-order valence-corrected chi connectivity index (χ0v) is 20.0. The highest BCUT2D eigenvalue weighted by Gasteiger charge is 2.31. The lowest BCUT2D eigenvalue weighted by Gasteiger charge is -2.35. The molecule has 4 rings (SSSR count). The van der Waals surface area contributed by atoms with E-state index in [1.807, 2.05) is 18.7 Å². The molecule has 0 amide bonds. The number of hydrogen-bond acceptors (Lipinski definition) is 10. The van der Waals surface area contributed by atoms with Gasteiger partial charge in [0.25, 0.3) is 0 Å². The van der Waals surface area contributed by atoms with Gasteiger partial charge >= 0.3 is 6.36 Å². The Hall–Kier alpha value is -3.62. The predicted octanol–water partition coefficient (Wildman–Crippen LogP) is 3.97. The van der Waals surface area contributed by atoms with Crippen molar-refractivity contribution in [3.8, 4) is 16.9 Å². The number of alkyl halides is 3. The minimum absolute atomic E-state index is 0.00215. The van der Waals surface area contributed by atoms with Crippen molar-refractivity contribution in [2.75, 3.05) is 30.4 Å². The van der Waals surface area contributed by atoms with Crippen molar-refractivity contribution in [1.29, 1.82) is 0 Å². The van der Waals surface area contributed by atoms with E-state index in [1.54, 1.807) is 0 Å². The monoisotopic (exact) mass is 524 g/mol. The number of aliphatic hydroxyl groups excluding tert-OH is 1. The Kier molecular flexibility index (Phi) is 7.71. The number of hydrogen-bond donors (Lipinski definition) is 2. The third kappa shape index (κ3) is 6.58. The summed E-state index contributed by atoms with van der Waals surface area (Å²) in [7, 11) is 1.24. The van der Waals surface area contributed by atoms with E-state index < -0.39 is 24.2 Å². The van der Waals surface area contributed by atoms with Gasteiger partial charge in [0.2, 0.25) is 12.2 Å². The second-order valence-electron chi connectivity index (χ2n) is 8.34. The molecule has 14 heteroatoms. The summed E-state index contributed by atoms with van der Waals surface area (Å²) < 4.78 is 66.7. The number of aromatic nitrogens is 4. The zero-order chi connectivity index (χ0) is 26.7. The van der Waals surface area contributed by atoms with E-state index in [1.165, 1.54) is 25.3 Å². The third-order valence-electron chi connectivity index (χ3n) is 5.36. The largest absolute Gasteiger partial charge is 0.573 e. The molecule has 2 N–H and O–H groups in total. The summed E-state index contributed by atoms with van der Waals surface area (Å²) in [4.78, 5) is 10.3. The first kappa shape index (κ1) is 26.4. The van der Waals surface area contributed by atoms with E-state index in [0.717, 1.165) is 18.3 Å². The number of methoxy groups -OCH3 is 1. The van der Waals surface area contributed by atoms with Gasteiger partial charge in [-0.25, -0.2) is 9.37 Å². The zero-order valence-electron chi connectivity index (χ0n) is 20.0. The molecule has 198 valence electrons. The molecule has 0 bridgehead atoms. The van der Waals surface area contributed by atoms with E-state index in [9.17, 15) is 22.7 Å². The van der Waals surface area contributed by atoms with Crippen molar-refractivity contribution in [3.63, 3.8) is 0 Å². The molecule has 0 spiro atoms. The fraction of sp³-hybridized carbons (Fsp3) is 0.391. The van der Waals surface area contributed by atoms with Crippen LogP contribution in [-0.4, -0.2) is 64.0 Å². The molecule has 1 aliphatic heterocycles. The summed E-state index contributed by atoms with van der Waals surface area (Å²) in [6.45, 7) is 4.88. The molecule has 1 aromatic carbocycles. The number of anilines is 3. The van der Waals surface area contributed by atoms with Crippen molar-refractivity contribution in [3.05, 3.63) is 48.0 Å². The molecule has 1 unspecified atom stereocenters. The highest BCUT2D eigenvalue weighted by molar-refractivity contribution is 5.70. The average molecular weight is 524 g/mol. The molecule has 3 atom stereocenters. The van der Waals surface area contributed by atoms with Crippen LogP contribution in [0.5, 0.6) is 5.75 Å². The van der Waals surface area contributed by atoms with Crippen LogP contribution in [0, 0.1) is 5.82 Å². The lowest BCUT2D eigenvalue weighted by atomic mass is 10.0. The standard InChI is InChI=1S/C23H24F4N6O4/c1-12-10-33(11-13(2)36-12)22-28-9-17(24)20(30-22)29-18-8-16(19(32-31-18)21(34)35-3)14-4-6-15(7-5-14)37-23(25,26)27/h4-9,12-13,21,34H,10-11H2,1-3H3,(H,28,29,30,31)/t12-,13+,21?. The number of rotatable bonds is 7. The van der Waals surface area contributed by atoms with E-state index in [-0.39, 0.29) is 35.1 Å². The van der Waals surface area contributed by atoms with Crippen LogP contribution in [0.15, 0.2) is 36.5 Å². The van der Waals surface area contributed by atoms with Gasteiger partial charge < -0.3 is 29.5 Å². The summed E-state index contributed by atoms with van der Waals surface area (Å²) in [6, 6.07) is 6.35. The van der Waals surface area contributed by atoms with Gasteiger partial charge in [-0.05, 0) is 37.6 Å². The first-order valence-corrected chi connectivity index (χ1v) is 11.2. The molecule has 1 aliphatic rings. The molecule has 3 aromatic rings. The Morgan fingerprint density at radius 3 is 2.43 bits per heavy atom. The van der Waals surface area contributed by atoms with Crippen molar-refractivity contribution in [2.24, 2.45) is 0 Å². The maximum absolute atomic E-state index is 14.6. The lowest BCUT2D eigenvalue weighted by Crippen LogP contribution is -2.46. The fourth-order valence-corrected chi connectivity index (χ4v) is 3.88. The van der Waals surface area contributed by atoms with Gasteiger partial charge in [0.1, 0.15) is 11.4 Å². The molecule has 1 saturated heterocycles. The maximum atomic E-state index is 14.6. The Morgan fingerprint density at radius 1 is 1.14 bits per heavy atom. The van der Waals surface area contributed by atoms with Crippen LogP contribution in [0.2, 0.25) is 0 Å². The second kappa shape index (κ2) is 10.8. The lowest BCUT2D eigenvalue weighted by molar-refractivity contribution is -0.274. The quantitative estimate of drug-likeness (QED) is 0.348. The topological polar surface area (TPSA) is 115 Å². The second-order valence-corrected chi connectivity index (χ2v) is 8.34. The number of nitrogens with zero attached hydrogens (tertiary/aromatic N) is 5. The van der Waals surface area contributed by atoms with Gasteiger partial charge in [0.15, 0.2) is 17.5 Å². The maximum Gasteiger partial charge on any atom is 0.573 e. The van der Waals surface area contributed by atoms with Crippen LogP contribution < -0.4 is 15.0 Å². The van der Waals surface area contributed by atoms with Crippen molar-refractivity contribution in [1.82, 2.24) is 20.2 Å². The number of benzene rings is 1. The molecule has 37 heavy (non-hydrogen) atoms. The van der Waals surface area contributed by atoms with Gasteiger partial charge in [0, 0.05) is 25.8 Å². The van der Waals surface area contributed by atoms with Gasteiger partial charge in [-0.2, -0.15) is 4.98 Å². The molecular formula is C23H24F4N6O4. The first-order chi connectivity index (χ1) is 17.5. The summed E-state index contributed by atoms with van der Waals surface area (Å²) in [5.74, 6) is -0.967. The summed E-state index contributed by atoms with van der Waals surface area (Å²) >= 11 is 0. The number of ether oxygens (including phenoxy) is 3.